The van der Waals surface area contributed by atoms with E-state index in [9.17, 15) is 8.42 Å². The van der Waals surface area contributed by atoms with Gasteiger partial charge in [0.05, 0.1) is 5.75 Å². The standard InChI is InChI=1S/C18H21NO2S/c1-14(17-11-10-16-8-5-9-18(16)12-17)19-22(20,21)13-15-6-3-2-4-7-15/h2-4,6-7,10-12,14,19H,5,8-9,13H2,1H3/t14-/m0/s1. The van der Waals surface area contributed by atoms with Crippen molar-refractivity contribution in [3.05, 3.63) is 70.8 Å². The fourth-order valence-corrected chi connectivity index (χ4v) is 4.42. The van der Waals surface area contributed by atoms with Crippen LogP contribution in [0.15, 0.2) is 48.5 Å². The van der Waals surface area contributed by atoms with Crippen LogP contribution in [0.5, 0.6) is 0 Å². The molecule has 0 bridgehead atoms. The normalized spacial score (nSPS) is 15.5. The Balaban J connectivity index is 1.71. The van der Waals surface area contributed by atoms with Crippen molar-refractivity contribution in [1.29, 1.82) is 0 Å². The van der Waals surface area contributed by atoms with Gasteiger partial charge in [-0.1, -0.05) is 48.5 Å². The van der Waals surface area contributed by atoms with Gasteiger partial charge in [0, 0.05) is 6.04 Å². The second-order valence-corrected chi connectivity index (χ2v) is 7.72. The van der Waals surface area contributed by atoms with Gasteiger partial charge in [0.1, 0.15) is 0 Å². The summed E-state index contributed by atoms with van der Waals surface area (Å²) in [4.78, 5) is 0. The van der Waals surface area contributed by atoms with Crippen LogP contribution in [-0.2, 0) is 28.6 Å². The molecule has 1 aliphatic rings. The van der Waals surface area contributed by atoms with Crippen molar-refractivity contribution < 1.29 is 8.42 Å². The van der Waals surface area contributed by atoms with E-state index in [1.54, 1.807) is 0 Å². The zero-order chi connectivity index (χ0) is 15.6. The Kier molecular flexibility index (Phi) is 4.32. The van der Waals surface area contributed by atoms with E-state index >= 15 is 0 Å². The maximum absolute atomic E-state index is 12.3. The molecule has 2 aromatic rings. The highest BCUT2D eigenvalue weighted by atomic mass is 32.2. The highest BCUT2D eigenvalue weighted by Crippen LogP contribution is 2.25. The van der Waals surface area contributed by atoms with Gasteiger partial charge in [-0.05, 0) is 48.4 Å². The molecule has 0 fully saturated rings. The molecule has 0 saturated carbocycles. The van der Waals surface area contributed by atoms with Gasteiger partial charge >= 0.3 is 0 Å². The summed E-state index contributed by atoms with van der Waals surface area (Å²) in [5.41, 5.74) is 4.61. The van der Waals surface area contributed by atoms with E-state index in [1.807, 2.05) is 43.3 Å². The van der Waals surface area contributed by atoms with Gasteiger partial charge in [-0.3, -0.25) is 0 Å². The molecule has 4 heteroatoms. The molecule has 3 rings (SSSR count). The third-order valence-electron chi connectivity index (χ3n) is 4.18. The average Bonchev–Trinajstić information content (AvgIpc) is 2.94. The minimum atomic E-state index is -3.35. The number of benzene rings is 2. The molecule has 1 atom stereocenters. The van der Waals surface area contributed by atoms with Crippen molar-refractivity contribution in [2.45, 2.75) is 38.0 Å². The molecule has 116 valence electrons. The molecular weight excluding hydrogens is 294 g/mol. The lowest BCUT2D eigenvalue weighted by Gasteiger charge is -2.16. The zero-order valence-electron chi connectivity index (χ0n) is 12.7. The largest absolute Gasteiger partial charge is 0.216 e. The second-order valence-electron chi connectivity index (χ2n) is 5.97. The summed E-state index contributed by atoms with van der Waals surface area (Å²) >= 11 is 0. The van der Waals surface area contributed by atoms with E-state index in [2.05, 4.69) is 16.9 Å². The summed E-state index contributed by atoms with van der Waals surface area (Å²) in [7, 11) is -3.35. The Morgan fingerprint density at radius 1 is 1.05 bits per heavy atom. The molecule has 0 amide bonds. The number of aryl methyl sites for hydroxylation is 2. The first-order valence-electron chi connectivity index (χ1n) is 7.69. The zero-order valence-corrected chi connectivity index (χ0v) is 13.6. The highest BCUT2D eigenvalue weighted by Gasteiger charge is 2.18. The van der Waals surface area contributed by atoms with Crippen molar-refractivity contribution in [2.24, 2.45) is 0 Å². The van der Waals surface area contributed by atoms with E-state index in [-0.39, 0.29) is 11.8 Å². The average molecular weight is 315 g/mol. The third kappa shape index (κ3) is 3.57. The molecular formula is C18H21NO2S. The Morgan fingerprint density at radius 2 is 1.77 bits per heavy atom. The Bertz CT molecular complexity index is 754. The van der Waals surface area contributed by atoms with Crippen LogP contribution in [0.3, 0.4) is 0 Å². The van der Waals surface area contributed by atoms with Gasteiger partial charge in [-0.2, -0.15) is 0 Å². The van der Waals surface area contributed by atoms with Crippen LogP contribution in [0, 0.1) is 0 Å². The first-order valence-corrected chi connectivity index (χ1v) is 9.34. The molecule has 0 aromatic heterocycles. The van der Waals surface area contributed by atoms with Crippen LogP contribution >= 0.6 is 0 Å². The quantitative estimate of drug-likeness (QED) is 0.919. The van der Waals surface area contributed by atoms with Crippen molar-refractivity contribution >= 4 is 10.0 Å². The number of sulfonamides is 1. The van der Waals surface area contributed by atoms with Crippen LogP contribution in [0.4, 0.5) is 0 Å². The SMILES string of the molecule is C[C@H](NS(=O)(=O)Cc1ccccc1)c1ccc2c(c1)CCC2. The lowest BCUT2D eigenvalue weighted by Crippen LogP contribution is -2.28. The molecule has 2 aromatic carbocycles. The van der Waals surface area contributed by atoms with E-state index < -0.39 is 10.0 Å². The highest BCUT2D eigenvalue weighted by molar-refractivity contribution is 7.88. The molecule has 0 unspecified atom stereocenters. The molecule has 22 heavy (non-hydrogen) atoms. The summed E-state index contributed by atoms with van der Waals surface area (Å²) in [6.45, 7) is 1.90. The number of fused-ring (bicyclic) bond motifs is 1. The number of nitrogens with one attached hydrogen (secondary N) is 1. The predicted molar refractivity (Wildman–Crippen MR) is 89.1 cm³/mol. The molecule has 0 saturated heterocycles. The Labute approximate surface area is 132 Å². The predicted octanol–water partition coefficient (Wildman–Crippen LogP) is 3.36. The van der Waals surface area contributed by atoms with Gasteiger partial charge < -0.3 is 0 Å². The summed E-state index contributed by atoms with van der Waals surface area (Å²) in [5.74, 6) is 0.0170. The fourth-order valence-electron chi connectivity index (χ4n) is 3.03. The molecule has 1 aliphatic carbocycles. The van der Waals surface area contributed by atoms with Crippen molar-refractivity contribution in [1.82, 2.24) is 4.72 Å². The van der Waals surface area contributed by atoms with Gasteiger partial charge in [-0.25, -0.2) is 13.1 Å². The summed E-state index contributed by atoms with van der Waals surface area (Å²) in [6, 6.07) is 15.4. The third-order valence-corrected chi connectivity index (χ3v) is 5.60. The number of rotatable bonds is 5. The van der Waals surface area contributed by atoms with E-state index in [4.69, 9.17) is 0 Å². The van der Waals surface area contributed by atoms with Gasteiger partial charge in [0.2, 0.25) is 10.0 Å². The summed E-state index contributed by atoms with van der Waals surface area (Å²) < 4.78 is 27.4. The van der Waals surface area contributed by atoms with Gasteiger partial charge in [-0.15, -0.1) is 0 Å². The van der Waals surface area contributed by atoms with Crippen molar-refractivity contribution in [3.63, 3.8) is 0 Å². The minimum absolute atomic E-state index is 0.0170. The van der Waals surface area contributed by atoms with Crippen molar-refractivity contribution in [2.75, 3.05) is 0 Å². The van der Waals surface area contributed by atoms with E-state index in [1.165, 1.54) is 17.5 Å². The van der Waals surface area contributed by atoms with Crippen LogP contribution < -0.4 is 4.72 Å². The summed E-state index contributed by atoms with van der Waals surface area (Å²) in [5, 5.41) is 0. The lowest BCUT2D eigenvalue weighted by molar-refractivity contribution is 0.566. The molecule has 0 spiro atoms. The first-order chi connectivity index (χ1) is 10.5. The molecule has 0 heterocycles. The maximum atomic E-state index is 12.3. The van der Waals surface area contributed by atoms with E-state index in [0.717, 1.165) is 24.0 Å². The number of hydrogen-bond donors (Lipinski definition) is 1. The minimum Gasteiger partial charge on any atom is -0.212 e. The molecule has 0 radical (unpaired) electrons. The topological polar surface area (TPSA) is 46.2 Å². The monoisotopic (exact) mass is 315 g/mol. The molecule has 3 nitrogen and oxygen atoms in total. The van der Waals surface area contributed by atoms with Crippen molar-refractivity contribution in [3.8, 4) is 0 Å². The van der Waals surface area contributed by atoms with Crippen LogP contribution in [0.25, 0.3) is 0 Å². The smallest absolute Gasteiger partial charge is 0.212 e. The summed E-state index contributed by atoms with van der Waals surface area (Å²) in [6.07, 6.45) is 3.45. The van der Waals surface area contributed by atoms with Crippen LogP contribution in [0.1, 0.15) is 41.6 Å². The maximum Gasteiger partial charge on any atom is 0.216 e. The van der Waals surface area contributed by atoms with E-state index in [0.29, 0.717) is 0 Å². The van der Waals surface area contributed by atoms with Gasteiger partial charge in [0.15, 0.2) is 0 Å². The van der Waals surface area contributed by atoms with Crippen LogP contribution in [-0.4, -0.2) is 8.42 Å². The van der Waals surface area contributed by atoms with Gasteiger partial charge in [0.25, 0.3) is 0 Å². The van der Waals surface area contributed by atoms with Crippen LogP contribution in [0.2, 0.25) is 0 Å². The number of hydrogen-bond acceptors (Lipinski definition) is 2. The fraction of sp³-hybridized carbons (Fsp3) is 0.333. The Morgan fingerprint density at radius 3 is 2.55 bits per heavy atom. The molecule has 0 aliphatic heterocycles. The Hall–Kier alpha value is -1.65. The second kappa shape index (κ2) is 6.23. The first kappa shape index (κ1) is 15.3. The lowest BCUT2D eigenvalue weighted by atomic mass is 10.0. The molecule has 1 N–H and O–H groups in total.